The van der Waals surface area contributed by atoms with Crippen LogP contribution in [0.15, 0.2) is 30.3 Å². The van der Waals surface area contributed by atoms with Crippen LogP contribution in [0, 0.1) is 0 Å². The van der Waals surface area contributed by atoms with Crippen molar-refractivity contribution < 1.29 is 14.7 Å². The Balaban J connectivity index is 1.45. The number of carbonyl (C=O) groups excluding carboxylic acids is 1. The molecule has 1 aromatic carbocycles. The molecule has 8 nitrogen and oxygen atoms in total. The van der Waals surface area contributed by atoms with Gasteiger partial charge in [0.2, 0.25) is 5.91 Å². The van der Waals surface area contributed by atoms with Gasteiger partial charge in [0.15, 0.2) is 0 Å². The highest BCUT2D eigenvalue weighted by Crippen LogP contribution is 2.37. The third-order valence-corrected chi connectivity index (χ3v) is 6.23. The minimum Gasteiger partial charge on any atom is -0.465 e. The number of hydrogen-bond donors (Lipinski definition) is 3. The van der Waals surface area contributed by atoms with E-state index in [1.54, 1.807) is 4.90 Å². The molecule has 1 unspecified atom stereocenters. The molecule has 2 amide bonds. The first kappa shape index (κ1) is 18.2. The average molecular weight is 373 g/mol. The lowest BCUT2D eigenvalue weighted by Crippen LogP contribution is -2.71. The van der Waals surface area contributed by atoms with Gasteiger partial charge in [-0.05, 0) is 18.4 Å². The maximum absolute atomic E-state index is 12.6. The Morgan fingerprint density at radius 2 is 1.89 bits per heavy atom. The van der Waals surface area contributed by atoms with Crippen LogP contribution in [0.4, 0.5) is 4.79 Å². The van der Waals surface area contributed by atoms with Gasteiger partial charge in [0, 0.05) is 38.3 Å². The van der Waals surface area contributed by atoms with Gasteiger partial charge >= 0.3 is 6.09 Å². The summed E-state index contributed by atoms with van der Waals surface area (Å²) < 4.78 is 0. The molecule has 0 aromatic heterocycles. The Hall–Kier alpha value is -2.16. The lowest BCUT2D eigenvalue weighted by Gasteiger charge is -2.45. The number of piperidine rings is 1. The van der Waals surface area contributed by atoms with Crippen LogP contribution in [-0.4, -0.2) is 82.3 Å². The Bertz CT molecular complexity index is 719. The summed E-state index contributed by atoms with van der Waals surface area (Å²) in [4.78, 5) is 29.4. The number of carboxylic acid groups (broad SMARTS) is 1. The fourth-order valence-electron chi connectivity index (χ4n) is 4.75. The van der Waals surface area contributed by atoms with Crippen LogP contribution in [0.2, 0.25) is 0 Å². The quantitative estimate of drug-likeness (QED) is 0.695. The van der Waals surface area contributed by atoms with Gasteiger partial charge in [-0.1, -0.05) is 30.3 Å². The first-order valence-corrected chi connectivity index (χ1v) is 9.49. The van der Waals surface area contributed by atoms with Crippen molar-refractivity contribution in [3.8, 4) is 0 Å². The molecular formula is C19H27N5O3. The monoisotopic (exact) mass is 373 g/mol. The maximum atomic E-state index is 12.6. The van der Waals surface area contributed by atoms with Crippen molar-refractivity contribution in [3.63, 3.8) is 0 Å². The summed E-state index contributed by atoms with van der Waals surface area (Å²) in [6, 6.07) is 10.4. The van der Waals surface area contributed by atoms with Crippen molar-refractivity contribution in [2.45, 2.75) is 30.6 Å². The van der Waals surface area contributed by atoms with Crippen molar-refractivity contribution >= 4 is 12.0 Å². The third-order valence-electron chi connectivity index (χ3n) is 6.23. The number of fused-ring (bicyclic) bond motifs is 1. The minimum atomic E-state index is -1.07. The molecule has 3 fully saturated rings. The van der Waals surface area contributed by atoms with Crippen LogP contribution in [0.3, 0.4) is 0 Å². The van der Waals surface area contributed by atoms with Gasteiger partial charge in [-0.2, -0.15) is 0 Å². The molecule has 1 atom stereocenters. The van der Waals surface area contributed by atoms with Crippen LogP contribution in [0.5, 0.6) is 0 Å². The number of likely N-dealkylation sites (tertiary alicyclic amines) is 1. The summed E-state index contributed by atoms with van der Waals surface area (Å²) >= 11 is 0. The summed E-state index contributed by atoms with van der Waals surface area (Å²) in [5, 5.41) is 13.0. The van der Waals surface area contributed by atoms with Crippen LogP contribution < -0.4 is 11.1 Å². The molecule has 0 saturated carbocycles. The Labute approximate surface area is 158 Å². The van der Waals surface area contributed by atoms with Crippen molar-refractivity contribution in [2.75, 3.05) is 39.3 Å². The van der Waals surface area contributed by atoms with Gasteiger partial charge in [0.1, 0.15) is 12.2 Å². The summed E-state index contributed by atoms with van der Waals surface area (Å²) in [6.45, 7) is 3.75. The number of nitrogens with two attached hydrogens (primary N) is 1. The average Bonchev–Trinajstić information content (AvgIpc) is 3.00. The zero-order valence-corrected chi connectivity index (χ0v) is 15.4. The topological polar surface area (TPSA) is 102 Å². The Morgan fingerprint density at radius 1 is 1.19 bits per heavy atom. The summed E-state index contributed by atoms with van der Waals surface area (Å²) in [5.41, 5.74) is 6.37. The summed E-state index contributed by atoms with van der Waals surface area (Å²) in [7, 11) is 0. The number of nitrogens with zero attached hydrogens (tertiary/aromatic N) is 3. The van der Waals surface area contributed by atoms with E-state index in [9.17, 15) is 14.7 Å². The van der Waals surface area contributed by atoms with E-state index in [1.807, 2.05) is 6.07 Å². The number of rotatable bonds is 3. The summed E-state index contributed by atoms with van der Waals surface area (Å²) in [6.07, 6.45) is 0.757. The zero-order chi connectivity index (χ0) is 19.1. The molecule has 3 aliphatic rings. The highest BCUT2D eigenvalue weighted by molar-refractivity contribution is 5.84. The number of piperazine rings is 1. The van der Waals surface area contributed by atoms with E-state index in [-0.39, 0.29) is 31.1 Å². The van der Waals surface area contributed by atoms with Gasteiger partial charge in [-0.15, -0.1) is 0 Å². The van der Waals surface area contributed by atoms with E-state index >= 15 is 0 Å². The number of benzene rings is 1. The molecule has 0 radical (unpaired) electrons. The fourth-order valence-corrected chi connectivity index (χ4v) is 4.75. The molecular weight excluding hydrogens is 346 g/mol. The van der Waals surface area contributed by atoms with Gasteiger partial charge < -0.3 is 15.7 Å². The van der Waals surface area contributed by atoms with Crippen molar-refractivity contribution in [2.24, 2.45) is 5.73 Å². The van der Waals surface area contributed by atoms with Crippen LogP contribution in [0.1, 0.15) is 18.4 Å². The van der Waals surface area contributed by atoms with Crippen molar-refractivity contribution in [3.05, 3.63) is 35.9 Å². The number of carbonyl (C=O) groups is 2. The normalized spacial score (nSPS) is 27.8. The Morgan fingerprint density at radius 3 is 2.52 bits per heavy atom. The van der Waals surface area contributed by atoms with Gasteiger partial charge in [-0.25, -0.2) is 4.79 Å². The highest BCUT2D eigenvalue weighted by atomic mass is 16.4. The molecule has 3 heterocycles. The maximum Gasteiger partial charge on any atom is 0.407 e. The molecule has 1 aromatic rings. The first-order chi connectivity index (χ1) is 13.0. The van der Waals surface area contributed by atoms with Crippen LogP contribution in [-0.2, 0) is 11.3 Å². The second-order valence-electron chi connectivity index (χ2n) is 8.02. The standard InChI is InChI=1S/C19H27N5O3/c20-12-19-14-23(17(26)27)11-16(25)24(19)13-18(21-19)6-8-22(9-7-18)10-15-4-2-1-3-5-15/h1-5,21H,6-14,20H2,(H,26,27). The lowest BCUT2D eigenvalue weighted by atomic mass is 9.88. The molecule has 3 saturated heterocycles. The predicted octanol–water partition coefficient (Wildman–Crippen LogP) is 0.102. The van der Waals surface area contributed by atoms with Gasteiger partial charge in [-0.3, -0.25) is 19.9 Å². The number of hydrogen-bond acceptors (Lipinski definition) is 5. The molecule has 146 valence electrons. The van der Waals surface area contributed by atoms with E-state index in [4.69, 9.17) is 5.73 Å². The third kappa shape index (κ3) is 3.28. The zero-order valence-electron chi connectivity index (χ0n) is 15.4. The molecule has 8 heteroatoms. The second-order valence-corrected chi connectivity index (χ2v) is 8.02. The molecule has 0 aliphatic carbocycles. The lowest BCUT2D eigenvalue weighted by molar-refractivity contribution is -0.142. The van der Waals surface area contributed by atoms with E-state index in [0.717, 1.165) is 32.5 Å². The molecule has 0 bridgehead atoms. The van der Waals surface area contributed by atoms with Gasteiger partial charge in [0.25, 0.3) is 0 Å². The molecule has 4 rings (SSSR count). The molecule has 3 aliphatic heterocycles. The SMILES string of the molecule is NCC12CN(C(=O)O)CC(=O)N1CC1(CCN(Cc3ccccc3)CC1)N2. The largest absolute Gasteiger partial charge is 0.465 e. The smallest absolute Gasteiger partial charge is 0.407 e. The summed E-state index contributed by atoms with van der Waals surface area (Å²) in [5.74, 6) is -0.162. The van der Waals surface area contributed by atoms with E-state index in [2.05, 4.69) is 34.5 Å². The molecule has 27 heavy (non-hydrogen) atoms. The number of amides is 2. The minimum absolute atomic E-state index is 0.0883. The van der Waals surface area contributed by atoms with Crippen molar-refractivity contribution in [1.29, 1.82) is 0 Å². The van der Waals surface area contributed by atoms with Crippen LogP contribution >= 0.6 is 0 Å². The van der Waals surface area contributed by atoms with Gasteiger partial charge in [0.05, 0.1) is 6.54 Å². The van der Waals surface area contributed by atoms with Crippen LogP contribution in [0.25, 0.3) is 0 Å². The first-order valence-electron chi connectivity index (χ1n) is 9.49. The number of nitrogens with one attached hydrogen (secondary N) is 1. The predicted molar refractivity (Wildman–Crippen MR) is 99.9 cm³/mol. The molecule has 1 spiro atoms. The molecule has 4 N–H and O–H groups in total. The van der Waals surface area contributed by atoms with E-state index in [0.29, 0.717) is 6.54 Å². The highest BCUT2D eigenvalue weighted by Gasteiger charge is 2.57. The Kier molecular flexibility index (Phi) is 4.57. The van der Waals surface area contributed by atoms with E-state index in [1.165, 1.54) is 10.5 Å². The second kappa shape index (κ2) is 6.78. The van der Waals surface area contributed by atoms with E-state index < -0.39 is 11.8 Å². The van der Waals surface area contributed by atoms with Crippen molar-refractivity contribution in [1.82, 2.24) is 20.0 Å². The fraction of sp³-hybridized carbons (Fsp3) is 0.579.